The first-order valence-electron chi connectivity index (χ1n) is 8.73. The number of piperidine rings is 1. The van der Waals surface area contributed by atoms with Gasteiger partial charge in [0.25, 0.3) is 0 Å². The second-order valence-corrected chi connectivity index (χ2v) is 6.35. The number of alkyl halides is 3. The number of nitrogens with zero attached hydrogens (tertiary/aromatic N) is 1. The van der Waals surface area contributed by atoms with Gasteiger partial charge in [-0.2, -0.15) is 13.2 Å². The summed E-state index contributed by atoms with van der Waals surface area (Å²) in [6.45, 7) is 3.57. The van der Waals surface area contributed by atoms with E-state index in [4.69, 9.17) is 0 Å². The molecule has 2 amide bonds. The van der Waals surface area contributed by atoms with Crippen LogP contribution in [0.15, 0.2) is 30.3 Å². The molecule has 1 saturated heterocycles. The van der Waals surface area contributed by atoms with Crippen molar-refractivity contribution in [1.82, 2.24) is 10.2 Å². The van der Waals surface area contributed by atoms with Crippen LogP contribution in [0.2, 0.25) is 0 Å². The SMILES string of the molecule is CCCNC(=O)C1CCN(C(=O)/C=C/c2cccc(C(F)(F)F)c2)CC1. The molecule has 0 atom stereocenters. The third-order valence-corrected chi connectivity index (χ3v) is 4.36. The third kappa shape index (κ3) is 5.61. The highest BCUT2D eigenvalue weighted by Gasteiger charge is 2.30. The van der Waals surface area contributed by atoms with E-state index < -0.39 is 11.7 Å². The van der Waals surface area contributed by atoms with Gasteiger partial charge in [0, 0.05) is 31.6 Å². The van der Waals surface area contributed by atoms with Gasteiger partial charge >= 0.3 is 6.18 Å². The summed E-state index contributed by atoms with van der Waals surface area (Å²) < 4.78 is 38.1. The van der Waals surface area contributed by atoms with Crippen LogP contribution in [0.4, 0.5) is 13.2 Å². The van der Waals surface area contributed by atoms with Crippen LogP contribution in [-0.2, 0) is 15.8 Å². The minimum absolute atomic E-state index is 0.0263. The van der Waals surface area contributed by atoms with E-state index in [0.29, 0.717) is 38.0 Å². The van der Waals surface area contributed by atoms with E-state index in [0.717, 1.165) is 18.6 Å². The first-order chi connectivity index (χ1) is 12.3. The van der Waals surface area contributed by atoms with E-state index in [1.807, 2.05) is 6.92 Å². The Morgan fingerprint density at radius 3 is 2.58 bits per heavy atom. The average molecular weight is 368 g/mol. The molecule has 7 heteroatoms. The molecule has 1 fully saturated rings. The molecular weight excluding hydrogens is 345 g/mol. The van der Waals surface area contributed by atoms with Gasteiger partial charge in [-0.1, -0.05) is 19.1 Å². The fourth-order valence-electron chi connectivity index (χ4n) is 2.85. The molecule has 142 valence electrons. The van der Waals surface area contributed by atoms with Crippen molar-refractivity contribution in [3.63, 3.8) is 0 Å². The van der Waals surface area contributed by atoms with Crippen LogP contribution in [-0.4, -0.2) is 36.3 Å². The minimum atomic E-state index is -4.41. The van der Waals surface area contributed by atoms with Crippen molar-refractivity contribution < 1.29 is 22.8 Å². The maximum atomic E-state index is 12.7. The number of hydrogen-bond acceptors (Lipinski definition) is 2. The predicted molar refractivity (Wildman–Crippen MR) is 93.1 cm³/mol. The number of nitrogens with one attached hydrogen (secondary N) is 1. The molecule has 0 aromatic heterocycles. The lowest BCUT2D eigenvalue weighted by molar-refractivity contribution is -0.137. The van der Waals surface area contributed by atoms with Gasteiger partial charge in [0.1, 0.15) is 0 Å². The number of amides is 2. The zero-order chi connectivity index (χ0) is 19.2. The van der Waals surface area contributed by atoms with Crippen LogP contribution in [0.3, 0.4) is 0 Å². The topological polar surface area (TPSA) is 49.4 Å². The van der Waals surface area contributed by atoms with Crippen LogP contribution in [0.25, 0.3) is 6.08 Å². The third-order valence-electron chi connectivity index (χ3n) is 4.36. The molecule has 4 nitrogen and oxygen atoms in total. The summed E-state index contributed by atoms with van der Waals surface area (Å²) in [5.74, 6) is -0.314. The standard InChI is InChI=1S/C19H23F3N2O2/c1-2-10-23-18(26)15-8-11-24(12-9-15)17(25)7-6-14-4-3-5-16(13-14)19(20,21)22/h3-7,13,15H,2,8-12H2,1H3,(H,23,26)/b7-6+. The molecule has 1 heterocycles. The monoisotopic (exact) mass is 368 g/mol. The molecule has 0 spiro atoms. The van der Waals surface area contributed by atoms with Gasteiger partial charge < -0.3 is 10.2 Å². The number of halogens is 3. The fraction of sp³-hybridized carbons (Fsp3) is 0.474. The Balaban J connectivity index is 1.89. The molecule has 1 aromatic carbocycles. The Hall–Kier alpha value is -2.31. The number of carbonyl (C=O) groups is 2. The highest BCUT2D eigenvalue weighted by molar-refractivity contribution is 5.92. The summed E-state index contributed by atoms with van der Waals surface area (Å²) in [5.41, 5.74) is -0.423. The Kier molecular flexibility index (Phi) is 6.83. The van der Waals surface area contributed by atoms with Crippen LogP contribution in [0.1, 0.15) is 37.3 Å². The molecule has 1 aromatic rings. The first kappa shape index (κ1) is 20.0. The fourth-order valence-corrected chi connectivity index (χ4v) is 2.85. The van der Waals surface area contributed by atoms with Crippen molar-refractivity contribution in [2.75, 3.05) is 19.6 Å². The molecule has 1 aliphatic heterocycles. The van der Waals surface area contributed by atoms with Crippen molar-refractivity contribution in [3.05, 3.63) is 41.5 Å². The summed E-state index contributed by atoms with van der Waals surface area (Å²) in [7, 11) is 0. The van der Waals surface area contributed by atoms with Gasteiger partial charge in [-0.25, -0.2) is 0 Å². The number of likely N-dealkylation sites (tertiary alicyclic amines) is 1. The lowest BCUT2D eigenvalue weighted by atomic mass is 9.96. The first-order valence-corrected chi connectivity index (χ1v) is 8.73. The largest absolute Gasteiger partial charge is 0.416 e. The summed E-state index contributed by atoms with van der Waals surface area (Å²) in [6.07, 6.45) is 0.333. The Bertz CT molecular complexity index is 663. The maximum Gasteiger partial charge on any atom is 0.416 e. The number of carbonyl (C=O) groups excluding carboxylic acids is 2. The van der Waals surface area contributed by atoms with Gasteiger partial charge in [-0.3, -0.25) is 9.59 Å². The second-order valence-electron chi connectivity index (χ2n) is 6.35. The van der Waals surface area contributed by atoms with Crippen molar-refractivity contribution in [1.29, 1.82) is 0 Å². The molecule has 0 radical (unpaired) electrons. The summed E-state index contributed by atoms with van der Waals surface area (Å²) in [4.78, 5) is 25.8. The van der Waals surface area contributed by atoms with E-state index in [2.05, 4.69) is 5.32 Å². The molecule has 1 N–H and O–H groups in total. The lowest BCUT2D eigenvalue weighted by Crippen LogP contribution is -2.42. The molecule has 0 unspecified atom stereocenters. The highest BCUT2D eigenvalue weighted by Crippen LogP contribution is 2.29. The van der Waals surface area contributed by atoms with Crippen LogP contribution >= 0.6 is 0 Å². The summed E-state index contributed by atoms with van der Waals surface area (Å²) in [5, 5.41) is 2.86. The van der Waals surface area contributed by atoms with Crippen molar-refractivity contribution in [3.8, 4) is 0 Å². The zero-order valence-electron chi connectivity index (χ0n) is 14.7. The van der Waals surface area contributed by atoms with Crippen molar-refractivity contribution in [2.24, 2.45) is 5.92 Å². The van der Waals surface area contributed by atoms with E-state index in [-0.39, 0.29) is 17.7 Å². The normalized spacial score (nSPS) is 16.1. The zero-order valence-corrected chi connectivity index (χ0v) is 14.7. The van der Waals surface area contributed by atoms with Crippen LogP contribution < -0.4 is 5.32 Å². The maximum absolute atomic E-state index is 12.7. The molecule has 0 bridgehead atoms. The molecule has 2 rings (SSSR count). The van der Waals surface area contributed by atoms with Crippen molar-refractivity contribution in [2.45, 2.75) is 32.4 Å². The number of rotatable bonds is 5. The number of hydrogen-bond donors (Lipinski definition) is 1. The van der Waals surface area contributed by atoms with Gasteiger partial charge in [0.15, 0.2) is 0 Å². The minimum Gasteiger partial charge on any atom is -0.356 e. The van der Waals surface area contributed by atoms with Gasteiger partial charge in [0.05, 0.1) is 5.56 Å². The predicted octanol–water partition coefficient (Wildman–Crippen LogP) is 3.48. The smallest absolute Gasteiger partial charge is 0.356 e. The highest BCUT2D eigenvalue weighted by atomic mass is 19.4. The lowest BCUT2D eigenvalue weighted by Gasteiger charge is -2.30. The van der Waals surface area contributed by atoms with E-state index >= 15 is 0 Å². The van der Waals surface area contributed by atoms with Gasteiger partial charge in [0.2, 0.25) is 11.8 Å². The average Bonchev–Trinajstić information content (AvgIpc) is 2.64. The Morgan fingerprint density at radius 1 is 1.27 bits per heavy atom. The van der Waals surface area contributed by atoms with Crippen molar-refractivity contribution >= 4 is 17.9 Å². The van der Waals surface area contributed by atoms with Gasteiger partial charge in [-0.15, -0.1) is 0 Å². The van der Waals surface area contributed by atoms with E-state index in [9.17, 15) is 22.8 Å². The van der Waals surface area contributed by atoms with Crippen LogP contribution in [0, 0.1) is 5.92 Å². The Morgan fingerprint density at radius 2 is 1.96 bits per heavy atom. The van der Waals surface area contributed by atoms with Gasteiger partial charge in [-0.05, 0) is 43.0 Å². The molecule has 26 heavy (non-hydrogen) atoms. The summed E-state index contributed by atoms with van der Waals surface area (Å²) >= 11 is 0. The molecular formula is C19H23F3N2O2. The second kappa shape index (κ2) is 8.87. The Labute approximate surface area is 151 Å². The number of benzene rings is 1. The quantitative estimate of drug-likeness (QED) is 0.809. The molecule has 0 aliphatic carbocycles. The van der Waals surface area contributed by atoms with E-state index in [1.165, 1.54) is 24.3 Å². The van der Waals surface area contributed by atoms with Crippen LogP contribution in [0.5, 0.6) is 0 Å². The summed E-state index contributed by atoms with van der Waals surface area (Å²) in [6, 6.07) is 4.83. The van der Waals surface area contributed by atoms with E-state index in [1.54, 1.807) is 4.90 Å². The molecule has 1 aliphatic rings. The molecule has 0 saturated carbocycles.